The maximum absolute atomic E-state index is 12.4. The van der Waals surface area contributed by atoms with Crippen molar-refractivity contribution >= 4 is 17.5 Å². The van der Waals surface area contributed by atoms with Crippen LogP contribution in [0.25, 0.3) is 16.9 Å². The van der Waals surface area contributed by atoms with Crippen molar-refractivity contribution in [2.24, 2.45) is 5.73 Å². The average Bonchev–Trinajstić information content (AvgIpc) is 3.48. The molecular formula is C28H29N5O3. The number of nitrogens with one attached hydrogen (secondary N) is 1. The molecule has 2 aromatic carbocycles. The second-order valence-electron chi connectivity index (χ2n) is 8.92. The van der Waals surface area contributed by atoms with Crippen LogP contribution in [0.4, 0.5) is 0 Å². The monoisotopic (exact) mass is 483 g/mol. The van der Waals surface area contributed by atoms with E-state index in [0.29, 0.717) is 30.2 Å². The Bertz CT molecular complexity index is 1390. The largest absolute Gasteiger partial charge is 0.457 e. The fourth-order valence-corrected chi connectivity index (χ4v) is 4.72. The van der Waals surface area contributed by atoms with Gasteiger partial charge in [-0.3, -0.25) is 9.59 Å². The van der Waals surface area contributed by atoms with E-state index in [1.165, 1.54) is 0 Å². The number of hydrogen-bond donors (Lipinski definition) is 2. The van der Waals surface area contributed by atoms with Crippen LogP contribution in [-0.4, -0.2) is 44.4 Å². The first-order valence-corrected chi connectivity index (χ1v) is 12.2. The van der Waals surface area contributed by atoms with E-state index in [2.05, 4.69) is 10.1 Å². The Hall–Kier alpha value is -4.33. The molecule has 2 amide bonds. The number of likely N-dealkylation sites (tertiary alicyclic amines) is 1. The number of carbonyl (C=O) groups is 2. The standard InChI is InChI=1S/C28H29N5O3/c1-2-3-9-24(34)32-16-14-19(15-17-32)23-18-30-33-26(27(29)35)25(31-28(23)33)20-10-12-22(13-11-20)36-21-7-5-4-6-8-21/h3-13,18-19,31H,2,14-17H2,1H3,(H2,29,35). The number of H-pyrrole nitrogens is 1. The van der Waals surface area contributed by atoms with Gasteiger partial charge in [0.15, 0.2) is 5.69 Å². The molecule has 0 radical (unpaired) electrons. The van der Waals surface area contributed by atoms with Gasteiger partial charge in [-0.1, -0.05) is 31.2 Å². The second kappa shape index (κ2) is 10.1. The zero-order valence-electron chi connectivity index (χ0n) is 20.2. The zero-order valence-corrected chi connectivity index (χ0v) is 20.2. The summed E-state index contributed by atoms with van der Waals surface area (Å²) in [6.45, 7) is 3.39. The van der Waals surface area contributed by atoms with Gasteiger partial charge in [0.05, 0.1) is 11.9 Å². The van der Waals surface area contributed by atoms with E-state index in [1.54, 1.807) is 16.8 Å². The molecule has 4 aromatic rings. The highest BCUT2D eigenvalue weighted by Gasteiger charge is 2.28. The molecule has 0 saturated carbocycles. The Balaban J connectivity index is 1.39. The Morgan fingerprint density at radius 3 is 2.44 bits per heavy atom. The predicted molar refractivity (Wildman–Crippen MR) is 138 cm³/mol. The van der Waals surface area contributed by atoms with Gasteiger partial charge in [0, 0.05) is 24.2 Å². The molecule has 0 unspecified atom stereocenters. The summed E-state index contributed by atoms with van der Waals surface area (Å²) >= 11 is 0. The average molecular weight is 484 g/mol. The Morgan fingerprint density at radius 2 is 1.78 bits per heavy atom. The number of rotatable bonds is 7. The van der Waals surface area contributed by atoms with E-state index in [-0.39, 0.29) is 11.8 Å². The van der Waals surface area contributed by atoms with E-state index in [0.717, 1.165) is 41.8 Å². The summed E-state index contributed by atoms with van der Waals surface area (Å²) in [6, 6.07) is 17.1. The topological polar surface area (TPSA) is 106 Å². The molecule has 36 heavy (non-hydrogen) atoms. The van der Waals surface area contributed by atoms with Gasteiger partial charge in [-0.25, -0.2) is 4.52 Å². The maximum Gasteiger partial charge on any atom is 0.269 e. The molecule has 0 atom stereocenters. The molecule has 0 bridgehead atoms. The smallest absolute Gasteiger partial charge is 0.269 e. The lowest BCUT2D eigenvalue weighted by Crippen LogP contribution is -2.36. The Labute approximate surface area is 209 Å². The van der Waals surface area contributed by atoms with Crippen molar-refractivity contribution in [1.82, 2.24) is 19.5 Å². The van der Waals surface area contributed by atoms with Crippen molar-refractivity contribution in [2.75, 3.05) is 13.1 Å². The van der Waals surface area contributed by atoms with Crippen LogP contribution < -0.4 is 10.5 Å². The van der Waals surface area contributed by atoms with Crippen LogP contribution in [0.15, 0.2) is 72.9 Å². The number of imidazole rings is 1. The van der Waals surface area contributed by atoms with Crippen LogP contribution in [0.3, 0.4) is 0 Å². The Kier molecular flexibility index (Phi) is 6.58. The first kappa shape index (κ1) is 23.4. The van der Waals surface area contributed by atoms with Crippen molar-refractivity contribution in [1.29, 1.82) is 0 Å². The third-order valence-corrected chi connectivity index (χ3v) is 6.59. The summed E-state index contributed by atoms with van der Waals surface area (Å²) in [5.41, 5.74) is 9.31. The SMILES string of the molecule is CCC=CC(=O)N1CCC(c2cnn3c(C(N)=O)c(-c4ccc(Oc5ccccc5)cc4)[nH]c23)CC1. The summed E-state index contributed by atoms with van der Waals surface area (Å²) < 4.78 is 7.48. The molecule has 3 N–H and O–H groups in total. The molecule has 5 rings (SSSR count). The fraction of sp³-hybridized carbons (Fsp3) is 0.250. The second-order valence-corrected chi connectivity index (χ2v) is 8.92. The first-order valence-electron chi connectivity index (χ1n) is 12.2. The quantitative estimate of drug-likeness (QED) is 0.365. The summed E-state index contributed by atoms with van der Waals surface area (Å²) in [4.78, 5) is 30.1. The van der Waals surface area contributed by atoms with Crippen LogP contribution >= 0.6 is 0 Å². The molecule has 0 spiro atoms. The minimum absolute atomic E-state index is 0.0633. The number of allylic oxidation sites excluding steroid dienone is 1. The van der Waals surface area contributed by atoms with Gasteiger partial charge in [-0.2, -0.15) is 5.10 Å². The number of nitrogens with zero attached hydrogens (tertiary/aromatic N) is 3. The van der Waals surface area contributed by atoms with Crippen molar-refractivity contribution in [3.05, 3.63) is 84.2 Å². The number of aromatic amines is 1. The van der Waals surface area contributed by atoms with Crippen molar-refractivity contribution in [2.45, 2.75) is 32.1 Å². The number of benzene rings is 2. The third-order valence-electron chi connectivity index (χ3n) is 6.59. The van der Waals surface area contributed by atoms with Gasteiger partial charge in [0.1, 0.15) is 17.1 Å². The van der Waals surface area contributed by atoms with E-state index >= 15 is 0 Å². The lowest BCUT2D eigenvalue weighted by Gasteiger charge is -2.31. The lowest BCUT2D eigenvalue weighted by atomic mass is 9.91. The van der Waals surface area contributed by atoms with Gasteiger partial charge in [0.25, 0.3) is 5.91 Å². The van der Waals surface area contributed by atoms with E-state index in [4.69, 9.17) is 10.5 Å². The molecule has 1 saturated heterocycles. The van der Waals surface area contributed by atoms with E-state index in [1.807, 2.05) is 72.5 Å². The summed E-state index contributed by atoms with van der Waals surface area (Å²) in [7, 11) is 0. The molecule has 0 aliphatic carbocycles. The summed E-state index contributed by atoms with van der Waals surface area (Å²) in [6.07, 6.45) is 7.86. The Morgan fingerprint density at radius 1 is 1.08 bits per heavy atom. The molecular weight excluding hydrogens is 454 g/mol. The number of ether oxygens (including phenoxy) is 1. The molecule has 8 heteroatoms. The first-order chi connectivity index (χ1) is 17.5. The molecule has 1 aliphatic rings. The van der Waals surface area contributed by atoms with Crippen LogP contribution in [0.2, 0.25) is 0 Å². The number of fused-ring (bicyclic) bond motifs is 1. The van der Waals surface area contributed by atoms with Crippen molar-refractivity contribution in [3.63, 3.8) is 0 Å². The minimum atomic E-state index is -0.557. The molecule has 184 valence electrons. The fourth-order valence-electron chi connectivity index (χ4n) is 4.72. The predicted octanol–water partition coefficient (Wildman–Crippen LogP) is 4.89. The van der Waals surface area contributed by atoms with Crippen LogP contribution in [0.1, 0.15) is 48.2 Å². The van der Waals surface area contributed by atoms with Gasteiger partial charge < -0.3 is 20.4 Å². The number of primary amides is 1. The highest BCUT2D eigenvalue weighted by Crippen LogP contribution is 2.34. The van der Waals surface area contributed by atoms with Crippen LogP contribution in [0.5, 0.6) is 11.5 Å². The number of amides is 2. The number of carbonyl (C=O) groups excluding carboxylic acids is 2. The van der Waals surface area contributed by atoms with Crippen molar-refractivity contribution in [3.8, 4) is 22.8 Å². The molecule has 8 nitrogen and oxygen atoms in total. The van der Waals surface area contributed by atoms with Crippen molar-refractivity contribution < 1.29 is 14.3 Å². The number of piperidine rings is 1. The summed E-state index contributed by atoms with van der Waals surface area (Å²) in [5.74, 6) is 1.18. The lowest BCUT2D eigenvalue weighted by molar-refractivity contribution is -0.127. The number of hydrogen-bond acceptors (Lipinski definition) is 4. The normalized spacial score (nSPS) is 14.5. The number of nitrogens with two attached hydrogens (primary N) is 1. The van der Waals surface area contributed by atoms with E-state index < -0.39 is 5.91 Å². The van der Waals surface area contributed by atoms with Crippen LogP contribution in [0, 0.1) is 0 Å². The van der Waals surface area contributed by atoms with Gasteiger partial charge >= 0.3 is 0 Å². The van der Waals surface area contributed by atoms with Gasteiger partial charge in [-0.15, -0.1) is 0 Å². The molecule has 1 aliphatic heterocycles. The third kappa shape index (κ3) is 4.62. The van der Waals surface area contributed by atoms with Gasteiger partial charge in [-0.05, 0) is 67.7 Å². The maximum atomic E-state index is 12.4. The molecule has 3 heterocycles. The van der Waals surface area contributed by atoms with Crippen LogP contribution in [-0.2, 0) is 4.79 Å². The van der Waals surface area contributed by atoms with E-state index in [9.17, 15) is 9.59 Å². The highest BCUT2D eigenvalue weighted by molar-refractivity contribution is 5.98. The zero-order chi connectivity index (χ0) is 25.1. The minimum Gasteiger partial charge on any atom is -0.457 e. The number of aromatic nitrogens is 3. The summed E-state index contributed by atoms with van der Waals surface area (Å²) in [5, 5.41) is 4.50. The van der Waals surface area contributed by atoms with Gasteiger partial charge in [0.2, 0.25) is 5.91 Å². The number of para-hydroxylation sites is 1. The molecule has 2 aromatic heterocycles. The molecule has 1 fully saturated rings. The highest BCUT2D eigenvalue weighted by atomic mass is 16.5.